The first-order valence-corrected chi connectivity index (χ1v) is 8.87. The molecule has 1 aromatic carbocycles. The monoisotopic (exact) mass is 342 g/mol. The second kappa shape index (κ2) is 8.15. The Bertz CT molecular complexity index is 727. The highest BCUT2D eigenvalue weighted by atomic mass is 35.5. The number of nitrogens with one attached hydrogen (secondary N) is 2. The molecule has 2 N–H and O–H groups in total. The number of benzene rings is 1. The predicted octanol–water partition coefficient (Wildman–Crippen LogP) is 5.48. The highest BCUT2D eigenvalue weighted by Gasteiger charge is 2.06. The number of hydrogen-bond donors (Lipinski definition) is 2. The molecule has 0 unspecified atom stereocenters. The number of aryl methyl sites for hydroxylation is 1. The summed E-state index contributed by atoms with van der Waals surface area (Å²) in [5, 5.41) is 7.25. The largest absolute Gasteiger partial charge is 0.370 e. The van der Waals surface area contributed by atoms with Gasteiger partial charge in [0.25, 0.3) is 0 Å². The predicted molar refractivity (Wildman–Crippen MR) is 101 cm³/mol. The molecule has 1 aromatic heterocycles. The van der Waals surface area contributed by atoms with Crippen LogP contribution < -0.4 is 10.6 Å². The van der Waals surface area contributed by atoms with Crippen molar-refractivity contribution in [3.63, 3.8) is 0 Å². The summed E-state index contributed by atoms with van der Waals surface area (Å²) in [4.78, 5) is 8.98. The van der Waals surface area contributed by atoms with Gasteiger partial charge in [-0.2, -0.15) is 4.98 Å². The molecule has 1 heterocycles. The molecule has 24 heavy (non-hydrogen) atoms. The van der Waals surface area contributed by atoms with E-state index in [0.717, 1.165) is 30.2 Å². The first-order chi connectivity index (χ1) is 11.7. The third kappa shape index (κ3) is 4.71. The van der Waals surface area contributed by atoms with Crippen LogP contribution in [0.3, 0.4) is 0 Å². The minimum atomic E-state index is 0.558. The van der Waals surface area contributed by atoms with Crippen molar-refractivity contribution in [1.29, 1.82) is 0 Å². The van der Waals surface area contributed by atoms with Crippen LogP contribution in [-0.4, -0.2) is 16.5 Å². The van der Waals surface area contributed by atoms with Crippen molar-refractivity contribution >= 4 is 29.1 Å². The second-order valence-corrected chi connectivity index (χ2v) is 6.52. The van der Waals surface area contributed by atoms with E-state index in [2.05, 4.69) is 26.7 Å². The molecule has 0 spiro atoms. The van der Waals surface area contributed by atoms with Crippen LogP contribution in [0.5, 0.6) is 0 Å². The van der Waals surface area contributed by atoms with Gasteiger partial charge in [-0.15, -0.1) is 0 Å². The molecule has 0 atom stereocenters. The van der Waals surface area contributed by atoms with E-state index >= 15 is 0 Å². The third-order valence-corrected chi connectivity index (χ3v) is 4.44. The lowest BCUT2D eigenvalue weighted by molar-refractivity contribution is 0.679. The lowest BCUT2D eigenvalue weighted by atomic mass is 9.97. The Morgan fingerprint density at radius 1 is 1.17 bits per heavy atom. The zero-order chi connectivity index (χ0) is 16.8. The maximum Gasteiger partial charge on any atom is 0.229 e. The van der Waals surface area contributed by atoms with Crippen LogP contribution in [0, 0.1) is 6.92 Å². The van der Waals surface area contributed by atoms with Crippen LogP contribution in [0.15, 0.2) is 42.0 Å². The van der Waals surface area contributed by atoms with Gasteiger partial charge in [-0.25, -0.2) is 4.98 Å². The number of aromatic nitrogens is 2. The lowest BCUT2D eigenvalue weighted by Crippen LogP contribution is -2.08. The molecule has 2 aromatic rings. The normalized spacial score (nSPS) is 14.2. The molecular weight excluding hydrogens is 320 g/mol. The summed E-state index contributed by atoms with van der Waals surface area (Å²) in [5.41, 5.74) is 3.29. The van der Waals surface area contributed by atoms with Crippen molar-refractivity contribution in [2.24, 2.45) is 0 Å². The molecule has 0 saturated carbocycles. The van der Waals surface area contributed by atoms with Crippen LogP contribution in [0.1, 0.15) is 37.8 Å². The molecule has 0 saturated heterocycles. The van der Waals surface area contributed by atoms with Crippen LogP contribution >= 0.6 is 11.6 Å². The standard InChI is InChI=1S/C19H23ClN4/c1-14-13-18(21-12-11-15-7-3-2-4-8-15)24-19(22-14)23-17-10-6-5-9-16(17)20/h5-7,9-10,13H,2-4,8,11-12H2,1H3,(H2,21,22,23,24). The summed E-state index contributed by atoms with van der Waals surface area (Å²) in [6.07, 6.45) is 8.60. The highest BCUT2D eigenvalue weighted by molar-refractivity contribution is 6.33. The molecule has 126 valence electrons. The Morgan fingerprint density at radius 2 is 2.04 bits per heavy atom. The third-order valence-electron chi connectivity index (χ3n) is 4.11. The Morgan fingerprint density at radius 3 is 2.83 bits per heavy atom. The van der Waals surface area contributed by atoms with Crippen molar-refractivity contribution in [1.82, 2.24) is 9.97 Å². The molecule has 1 aliphatic rings. The van der Waals surface area contributed by atoms with Gasteiger partial charge in [0.05, 0.1) is 10.7 Å². The van der Waals surface area contributed by atoms with Crippen molar-refractivity contribution in [3.05, 3.63) is 52.7 Å². The van der Waals surface area contributed by atoms with Crippen LogP contribution in [-0.2, 0) is 0 Å². The number of nitrogens with zero attached hydrogens (tertiary/aromatic N) is 2. The van der Waals surface area contributed by atoms with E-state index in [4.69, 9.17) is 11.6 Å². The van der Waals surface area contributed by atoms with E-state index in [1.807, 2.05) is 37.3 Å². The first kappa shape index (κ1) is 16.8. The Balaban J connectivity index is 1.63. The fraction of sp³-hybridized carbons (Fsp3) is 0.368. The highest BCUT2D eigenvalue weighted by Crippen LogP contribution is 2.24. The topological polar surface area (TPSA) is 49.8 Å². The van der Waals surface area contributed by atoms with Gasteiger partial charge in [-0.1, -0.05) is 35.4 Å². The van der Waals surface area contributed by atoms with Crippen molar-refractivity contribution in [3.8, 4) is 0 Å². The summed E-state index contributed by atoms with van der Waals surface area (Å²) in [6.45, 7) is 2.86. The number of para-hydroxylation sites is 1. The van der Waals surface area contributed by atoms with Crippen LogP contribution in [0.25, 0.3) is 0 Å². The quantitative estimate of drug-likeness (QED) is 0.682. The van der Waals surface area contributed by atoms with E-state index in [1.54, 1.807) is 5.57 Å². The van der Waals surface area contributed by atoms with E-state index in [9.17, 15) is 0 Å². The molecular formula is C19H23ClN4. The van der Waals surface area contributed by atoms with Crippen molar-refractivity contribution < 1.29 is 0 Å². The van der Waals surface area contributed by atoms with Crippen molar-refractivity contribution in [2.45, 2.75) is 39.0 Å². The average molecular weight is 343 g/mol. The Hall–Kier alpha value is -2.07. The van der Waals surface area contributed by atoms with Gasteiger partial charge in [0, 0.05) is 18.3 Å². The molecule has 0 bridgehead atoms. The van der Waals surface area contributed by atoms with E-state index in [0.29, 0.717) is 11.0 Å². The summed E-state index contributed by atoms with van der Waals surface area (Å²) in [5.74, 6) is 1.40. The smallest absolute Gasteiger partial charge is 0.229 e. The van der Waals surface area contributed by atoms with Gasteiger partial charge in [0.1, 0.15) is 5.82 Å². The maximum atomic E-state index is 6.18. The zero-order valence-electron chi connectivity index (χ0n) is 14.0. The zero-order valence-corrected chi connectivity index (χ0v) is 14.7. The molecule has 4 nitrogen and oxygen atoms in total. The molecule has 5 heteroatoms. The van der Waals surface area contributed by atoms with Crippen molar-refractivity contribution in [2.75, 3.05) is 17.2 Å². The second-order valence-electron chi connectivity index (χ2n) is 6.11. The molecule has 0 aliphatic heterocycles. The summed E-state index contributed by atoms with van der Waals surface area (Å²) < 4.78 is 0. The van der Waals surface area contributed by atoms with Gasteiger partial charge < -0.3 is 10.6 Å². The number of anilines is 3. The average Bonchev–Trinajstić information content (AvgIpc) is 2.57. The molecule has 1 aliphatic carbocycles. The van der Waals surface area contributed by atoms with Gasteiger partial charge in [-0.3, -0.25) is 0 Å². The summed E-state index contributed by atoms with van der Waals surface area (Å²) >= 11 is 6.18. The molecule has 3 rings (SSSR count). The Kier molecular flexibility index (Phi) is 5.70. The summed E-state index contributed by atoms with van der Waals surface area (Å²) in [6, 6.07) is 9.55. The fourth-order valence-electron chi connectivity index (χ4n) is 2.88. The minimum Gasteiger partial charge on any atom is -0.370 e. The summed E-state index contributed by atoms with van der Waals surface area (Å²) in [7, 11) is 0. The van der Waals surface area contributed by atoms with E-state index in [-0.39, 0.29) is 0 Å². The van der Waals surface area contributed by atoms with E-state index < -0.39 is 0 Å². The maximum absolute atomic E-state index is 6.18. The lowest BCUT2D eigenvalue weighted by Gasteiger charge is -2.14. The number of rotatable bonds is 6. The van der Waals surface area contributed by atoms with Gasteiger partial charge in [-0.05, 0) is 51.2 Å². The first-order valence-electron chi connectivity index (χ1n) is 8.50. The van der Waals surface area contributed by atoms with Gasteiger partial charge in [0.2, 0.25) is 5.95 Å². The van der Waals surface area contributed by atoms with Gasteiger partial charge >= 0.3 is 0 Å². The van der Waals surface area contributed by atoms with Crippen LogP contribution in [0.2, 0.25) is 5.02 Å². The molecule has 0 radical (unpaired) electrons. The SMILES string of the molecule is Cc1cc(NCCC2=CCCCC2)nc(Nc2ccccc2Cl)n1. The molecule has 0 amide bonds. The number of hydrogen-bond acceptors (Lipinski definition) is 4. The van der Waals surface area contributed by atoms with Crippen LogP contribution in [0.4, 0.5) is 17.5 Å². The number of halogens is 1. The fourth-order valence-corrected chi connectivity index (χ4v) is 3.06. The number of allylic oxidation sites excluding steroid dienone is 1. The Labute approximate surface area is 148 Å². The van der Waals surface area contributed by atoms with E-state index in [1.165, 1.54) is 25.7 Å². The molecule has 0 fully saturated rings. The van der Waals surface area contributed by atoms with Gasteiger partial charge in [0.15, 0.2) is 0 Å². The minimum absolute atomic E-state index is 0.558.